The second-order valence-electron chi connectivity index (χ2n) is 4.34. The number of ketones is 1. The summed E-state index contributed by atoms with van der Waals surface area (Å²) >= 11 is 9.45. The summed E-state index contributed by atoms with van der Waals surface area (Å²) in [5.74, 6) is 0.637. The summed E-state index contributed by atoms with van der Waals surface area (Å²) in [4.78, 5) is 16.1. The van der Waals surface area contributed by atoms with E-state index in [1.165, 1.54) is 0 Å². The van der Waals surface area contributed by atoms with Gasteiger partial charge in [0.1, 0.15) is 5.78 Å². The van der Waals surface area contributed by atoms with Crippen molar-refractivity contribution < 1.29 is 9.53 Å². The molecule has 0 aliphatic rings. The van der Waals surface area contributed by atoms with Gasteiger partial charge in [0.2, 0.25) is 5.88 Å². The number of hydrogen-bond acceptors (Lipinski definition) is 3. The number of carbonyl (C=O) groups excluding carboxylic acids is 1. The highest BCUT2D eigenvalue weighted by atomic mass is 79.9. The average molecular weight is 355 g/mol. The molecule has 1 aromatic heterocycles. The fraction of sp³-hybridized carbons (Fsp3) is 0.200. The van der Waals surface area contributed by atoms with E-state index >= 15 is 0 Å². The molecule has 0 saturated carbocycles. The minimum Gasteiger partial charge on any atom is -0.481 e. The van der Waals surface area contributed by atoms with E-state index < -0.39 is 0 Å². The number of hydrogen-bond donors (Lipinski definition) is 0. The van der Waals surface area contributed by atoms with Crippen molar-refractivity contribution in [2.24, 2.45) is 0 Å². The third-order valence-electron chi connectivity index (χ3n) is 2.81. The summed E-state index contributed by atoms with van der Waals surface area (Å²) in [5, 5.41) is 0.598. The monoisotopic (exact) mass is 353 g/mol. The molecule has 1 heterocycles. The van der Waals surface area contributed by atoms with E-state index in [4.69, 9.17) is 16.3 Å². The largest absolute Gasteiger partial charge is 0.481 e. The minimum absolute atomic E-state index is 0.0983. The highest BCUT2D eigenvalue weighted by Crippen LogP contribution is 2.22. The molecule has 5 heteroatoms. The third-order valence-corrected chi connectivity index (χ3v) is 3.66. The van der Waals surface area contributed by atoms with Crippen LogP contribution in [0.5, 0.6) is 5.88 Å². The lowest BCUT2D eigenvalue weighted by Crippen LogP contribution is -2.07. The maximum Gasteiger partial charge on any atom is 0.212 e. The van der Waals surface area contributed by atoms with Gasteiger partial charge in [-0.2, -0.15) is 0 Å². The van der Waals surface area contributed by atoms with Gasteiger partial charge in [0, 0.05) is 34.6 Å². The Morgan fingerprint density at radius 3 is 2.70 bits per heavy atom. The summed E-state index contributed by atoms with van der Waals surface area (Å²) in [6, 6.07) is 9.11. The maximum atomic E-state index is 12.0. The van der Waals surface area contributed by atoms with Gasteiger partial charge in [-0.25, -0.2) is 4.98 Å². The van der Waals surface area contributed by atoms with E-state index in [2.05, 4.69) is 20.9 Å². The number of Topliss-reactive ketones (excluding diaryl/α,β-unsaturated/α-hetero) is 1. The van der Waals surface area contributed by atoms with Gasteiger partial charge in [0.15, 0.2) is 0 Å². The molecule has 0 fully saturated rings. The van der Waals surface area contributed by atoms with Crippen molar-refractivity contribution in [3.05, 3.63) is 57.2 Å². The Kier molecular flexibility index (Phi) is 5.15. The minimum atomic E-state index is 0.0983. The van der Waals surface area contributed by atoms with Crippen LogP contribution in [0.1, 0.15) is 11.1 Å². The van der Waals surface area contributed by atoms with Crippen LogP contribution in [-0.2, 0) is 17.6 Å². The summed E-state index contributed by atoms with van der Waals surface area (Å²) in [7, 11) is 1.56. The van der Waals surface area contributed by atoms with E-state index in [-0.39, 0.29) is 5.78 Å². The van der Waals surface area contributed by atoms with Gasteiger partial charge >= 0.3 is 0 Å². The summed E-state index contributed by atoms with van der Waals surface area (Å²) in [6.45, 7) is 0. The van der Waals surface area contributed by atoms with Crippen molar-refractivity contribution in [3.63, 3.8) is 0 Å². The molecule has 0 spiro atoms. The maximum absolute atomic E-state index is 12.0. The van der Waals surface area contributed by atoms with Gasteiger partial charge in [0.25, 0.3) is 0 Å². The van der Waals surface area contributed by atoms with Gasteiger partial charge < -0.3 is 4.74 Å². The molecule has 1 aromatic carbocycles. The van der Waals surface area contributed by atoms with Crippen LogP contribution in [0.15, 0.2) is 41.0 Å². The fourth-order valence-electron chi connectivity index (χ4n) is 1.80. The van der Waals surface area contributed by atoms with Gasteiger partial charge in [0.05, 0.1) is 7.11 Å². The molecule has 0 aliphatic carbocycles. The number of ether oxygens (including phenoxy) is 1. The van der Waals surface area contributed by atoms with Gasteiger partial charge in [-0.05, 0) is 23.3 Å². The van der Waals surface area contributed by atoms with Crippen LogP contribution in [0.3, 0.4) is 0 Å². The lowest BCUT2D eigenvalue weighted by Gasteiger charge is -2.05. The molecule has 0 saturated heterocycles. The Morgan fingerprint density at radius 1 is 1.30 bits per heavy atom. The zero-order valence-electron chi connectivity index (χ0n) is 10.9. The zero-order valence-corrected chi connectivity index (χ0v) is 13.2. The second-order valence-corrected chi connectivity index (χ2v) is 5.66. The number of pyridine rings is 1. The summed E-state index contributed by atoms with van der Waals surface area (Å²) in [5.41, 5.74) is 1.70. The van der Waals surface area contributed by atoms with Gasteiger partial charge in [-0.1, -0.05) is 39.7 Å². The van der Waals surface area contributed by atoms with Crippen molar-refractivity contribution in [1.82, 2.24) is 4.98 Å². The molecule has 2 aromatic rings. The summed E-state index contributed by atoms with van der Waals surface area (Å²) in [6.07, 6.45) is 2.31. The van der Waals surface area contributed by atoms with E-state index in [1.807, 2.05) is 18.2 Å². The molecule has 0 N–H and O–H groups in total. The van der Waals surface area contributed by atoms with Crippen LogP contribution in [0.2, 0.25) is 5.02 Å². The lowest BCUT2D eigenvalue weighted by molar-refractivity contribution is -0.117. The molecule has 0 atom stereocenters. The lowest BCUT2D eigenvalue weighted by atomic mass is 10.0. The van der Waals surface area contributed by atoms with E-state index in [0.29, 0.717) is 23.7 Å². The predicted molar refractivity (Wildman–Crippen MR) is 82.4 cm³/mol. The molecule has 0 aliphatic heterocycles. The van der Waals surface area contributed by atoms with E-state index in [0.717, 1.165) is 15.6 Å². The Hall–Kier alpha value is -1.39. The van der Waals surface area contributed by atoms with Crippen LogP contribution in [0.25, 0.3) is 0 Å². The number of nitrogens with zero attached hydrogens (tertiary/aromatic N) is 1. The normalized spacial score (nSPS) is 10.3. The van der Waals surface area contributed by atoms with Crippen LogP contribution >= 0.6 is 27.5 Å². The van der Waals surface area contributed by atoms with Crippen molar-refractivity contribution in [2.75, 3.05) is 7.11 Å². The highest BCUT2D eigenvalue weighted by Gasteiger charge is 2.09. The Balaban J connectivity index is 2.01. The van der Waals surface area contributed by atoms with Crippen LogP contribution < -0.4 is 4.74 Å². The molecular formula is C15H13BrClNO2. The first-order valence-corrected chi connectivity index (χ1v) is 7.20. The molecular weight excluding hydrogens is 342 g/mol. The highest BCUT2D eigenvalue weighted by molar-refractivity contribution is 9.10. The van der Waals surface area contributed by atoms with E-state index in [9.17, 15) is 4.79 Å². The SMILES string of the molecule is COc1ccc(CC(=O)Cc2ccc(Br)cc2Cl)cn1. The van der Waals surface area contributed by atoms with Crippen LogP contribution in [0.4, 0.5) is 0 Å². The molecule has 0 amide bonds. The molecule has 20 heavy (non-hydrogen) atoms. The second kappa shape index (κ2) is 6.86. The van der Waals surface area contributed by atoms with Crippen molar-refractivity contribution in [2.45, 2.75) is 12.8 Å². The first-order chi connectivity index (χ1) is 9.58. The number of methoxy groups -OCH3 is 1. The number of halogens is 2. The fourth-order valence-corrected chi connectivity index (χ4v) is 2.54. The Labute approximate surface area is 131 Å². The Bertz CT molecular complexity index is 614. The van der Waals surface area contributed by atoms with Gasteiger partial charge in [-0.15, -0.1) is 0 Å². The molecule has 3 nitrogen and oxygen atoms in total. The first-order valence-electron chi connectivity index (χ1n) is 6.03. The molecule has 2 rings (SSSR count). The smallest absolute Gasteiger partial charge is 0.212 e. The Morgan fingerprint density at radius 2 is 2.10 bits per heavy atom. The van der Waals surface area contributed by atoms with Gasteiger partial charge in [-0.3, -0.25) is 4.79 Å². The molecule has 0 bridgehead atoms. The first kappa shape index (κ1) is 15.0. The van der Waals surface area contributed by atoms with Crippen molar-refractivity contribution in [3.8, 4) is 5.88 Å². The van der Waals surface area contributed by atoms with Crippen molar-refractivity contribution >= 4 is 33.3 Å². The molecule has 0 radical (unpaired) electrons. The topological polar surface area (TPSA) is 39.2 Å². The molecule has 0 unspecified atom stereocenters. The zero-order chi connectivity index (χ0) is 14.5. The van der Waals surface area contributed by atoms with Crippen LogP contribution in [0, 0.1) is 0 Å². The van der Waals surface area contributed by atoms with Crippen LogP contribution in [-0.4, -0.2) is 17.9 Å². The predicted octanol–water partition coefficient (Wildman–Crippen LogP) is 3.86. The number of aromatic nitrogens is 1. The number of rotatable bonds is 5. The number of carbonyl (C=O) groups is 1. The van der Waals surface area contributed by atoms with Crippen molar-refractivity contribution in [1.29, 1.82) is 0 Å². The standard InChI is InChI=1S/C15H13BrClNO2/c1-20-15-5-2-10(9-18-15)6-13(19)7-11-3-4-12(16)8-14(11)17/h2-5,8-9H,6-7H2,1H3. The van der Waals surface area contributed by atoms with E-state index in [1.54, 1.807) is 25.4 Å². The average Bonchev–Trinajstić information content (AvgIpc) is 2.43. The molecule has 104 valence electrons. The summed E-state index contributed by atoms with van der Waals surface area (Å²) < 4.78 is 5.88. The third kappa shape index (κ3) is 4.05. The quantitative estimate of drug-likeness (QED) is 0.818. The number of benzene rings is 1.